The highest BCUT2D eigenvalue weighted by molar-refractivity contribution is 5.93. The predicted octanol–water partition coefficient (Wildman–Crippen LogP) is -1.29. The van der Waals surface area contributed by atoms with Gasteiger partial charge >= 0.3 is 0 Å². The first kappa shape index (κ1) is 10.4. The van der Waals surface area contributed by atoms with Crippen molar-refractivity contribution in [2.24, 2.45) is 5.16 Å². The van der Waals surface area contributed by atoms with Crippen molar-refractivity contribution in [2.45, 2.75) is 18.5 Å². The maximum absolute atomic E-state index is 9.51. The third-order valence-electron chi connectivity index (χ3n) is 1.75. The molecule has 13 heavy (non-hydrogen) atoms. The van der Waals surface area contributed by atoms with E-state index < -0.39 is 18.5 Å². The summed E-state index contributed by atoms with van der Waals surface area (Å²) in [5.74, 6) is 0. The number of methoxy groups -OCH3 is 1. The summed E-state index contributed by atoms with van der Waals surface area (Å²) < 4.78 is 9.78. The highest BCUT2D eigenvalue weighted by atomic mass is 16.7. The summed E-state index contributed by atoms with van der Waals surface area (Å²) in [6.07, 6.45) is -2.83. The van der Waals surface area contributed by atoms with E-state index in [1.165, 1.54) is 14.2 Å². The van der Waals surface area contributed by atoms with E-state index in [1.54, 1.807) is 0 Å². The highest BCUT2D eigenvalue weighted by Gasteiger charge is 2.35. The van der Waals surface area contributed by atoms with Crippen molar-refractivity contribution in [1.29, 1.82) is 0 Å². The summed E-state index contributed by atoms with van der Waals surface area (Å²) in [7, 11) is 2.74. The SMILES string of the molecule is CO/N=C1\C(O)COC(OC)C1O. The van der Waals surface area contributed by atoms with Gasteiger partial charge in [0, 0.05) is 7.11 Å². The Hall–Kier alpha value is -0.690. The minimum Gasteiger partial charge on any atom is -0.399 e. The van der Waals surface area contributed by atoms with Crippen molar-refractivity contribution in [2.75, 3.05) is 20.8 Å². The molecule has 1 fully saturated rings. The Labute approximate surface area is 75.7 Å². The maximum atomic E-state index is 9.51. The van der Waals surface area contributed by atoms with Gasteiger partial charge in [0.15, 0.2) is 6.29 Å². The van der Waals surface area contributed by atoms with Crippen LogP contribution in [0, 0.1) is 0 Å². The molecule has 2 N–H and O–H groups in total. The van der Waals surface area contributed by atoms with Gasteiger partial charge < -0.3 is 24.5 Å². The van der Waals surface area contributed by atoms with Crippen molar-refractivity contribution in [3.8, 4) is 0 Å². The topological polar surface area (TPSA) is 80.5 Å². The summed E-state index contributed by atoms with van der Waals surface area (Å²) in [4.78, 5) is 4.47. The zero-order chi connectivity index (χ0) is 9.84. The van der Waals surface area contributed by atoms with Gasteiger partial charge in [-0.05, 0) is 0 Å². The Morgan fingerprint density at radius 2 is 2.15 bits per heavy atom. The number of aliphatic hydroxyl groups is 2. The van der Waals surface area contributed by atoms with E-state index in [4.69, 9.17) is 9.47 Å². The van der Waals surface area contributed by atoms with Crippen LogP contribution in [0.1, 0.15) is 0 Å². The molecule has 0 aromatic carbocycles. The van der Waals surface area contributed by atoms with E-state index in [1.807, 2.05) is 0 Å². The first-order valence-corrected chi connectivity index (χ1v) is 3.82. The van der Waals surface area contributed by atoms with Crippen LogP contribution in [-0.2, 0) is 14.3 Å². The van der Waals surface area contributed by atoms with Crippen LogP contribution in [0.5, 0.6) is 0 Å². The average Bonchev–Trinajstić information content (AvgIpc) is 2.12. The zero-order valence-electron chi connectivity index (χ0n) is 7.51. The molecule has 3 unspecified atom stereocenters. The Bertz CT molecular complexity index is 195. The van der Waals surface area contributed by atoms with Crippen LogP contribution in [0.25, 0.3) is 0 Å². The number of ether oxygens (including phenoxy) is 2. The second kappa shape index (κ2) is 4.52. The molecular formula is C7H13NO5. The second-order valence-electron chi connectivity index (χ2n) is 2.60. The van der Waals surface area contributed by atoms with Crippen LogP contribution in [-0.4, -0.2) is 55.2 Å². The Morgan fingerprint density at radius 1 is 1.46 bits per heavy atom. The van der Waals surface area contributed by atoms with Crippen molar-refractivity contribution in [1.82, 2.24) is 0 Å². The normalized spacial score (nSPS) is 37.8. The Kier molecular flexibility index (Phi) is 3.61. The third kappa shape index (κ3) is 2.16. The molecule has 0 amide bonds. The minimum atomic E-state index is -1.09. The minimum absolute atomic E-state index is 0.0394. The van der Waals surface area contributed by atoms with Crippen molar-refractivity contribution >= 4 is 5.71 Å². The predicted molar refractivity (Wildman–Crippen MR) is 43.2 cm³/mol. The molecule has 0 bridgehead atoms. The largest absolute Gasteiger partial charge is 0.399 e. The molecule has 3 atom stereocenters. The fraction of sp³-hybridized carbons (Fsp3) is 0.857. The number of hydrogen-bond acceptors (Lipinski definition) is 6. The highest BCUT2D eigenvalue weighted by Crippen LogP contribution is 2.13. The van der Waals surface area contributed by atoms with Crippen LogP contribution >= 0.6 is 0 Å². The Morgan fingerprint density at radius 3 is 2.69 bits per heavy atom. The van der Waals surface area contributed by atoms with E-state index in [9.17, 15) is 10.2 Å². The maximum Gasteiger partial charge on any atom is 0.188 e. The number of nitrogens with zero attached hydrogens (tertiary/aromatic N) is 1. The van der Waals surface area contributed by atoms with Gasteiger partial charge in [-0.1, -0.05) is 5.16 Å². The molecule has 1 rings (SSSR count). The van der Waals surface area contributed by atoms with Crippen molar-refractivity contribution < 1.29 is 24.5 Å². The van der Waals surface area contributed by atoms with E-state index in [2.05, 4.69) is 9.99 Å². The molecule has 1 aliphatic rings. The lowest BCUT2D eigenvalue weighted by atomic mass is 10.1. The van der Waals surface area contributed by atoms with Crippen LogP contribution < -0.4 is 0 Å². The van der Waals surface area contributed by atoms with E-state index >= 15 is 0 Å². The van der Waals surface area contributed by atoms with Crippen LogP contribution in [0.4, 0.5) is 0 Å². The summed E-state index contributed by atoms with van der Waals surface area (Å²) in [6, 6.07) is 0. The smallest absolute Gasteiger partial charge is 0.188 e. The molecule has 1 heterocycles. The first-order valence-electron chi connectivity index (χ1n) is 3.82. The second-order valence-corrected chi connectivity index (χ2v) is 2.60. The van der Waals surface area contributed by atoms with Gasteiger partial charge in [0.05, 0.1) is 6.61 Å². The fourth-order valence-electron chi connectivity index (χ4n) is 1.12. The molecule has 0 aromatic heterocycles. The van der Waals surface area contributed by atoms with Crippen LogP contribution in [0.15, 0.2) is 5.16 Å². The monoisotopic (exact) mass is 191 g/mol. The molecule has 0 aromatic rings. The molecule has 6 nitrogen and oxygen atoms in total. The molecule has 6 heteroatoms. The molecule has 0 aliphatic carbocycles. The lowest BCUT2D eigenvalue weighted by molar-refractivity contribution is -0.186. The Balaban J connectivity index is 2.72. The summed E-state index contributed by atoms with van der Waals surface area (Å²) in [6.45, 7) is 0.0394. The van der Waals surface area contributed by atoms with Gasteiger partial charge in [0.2, 0.25) is 0 Å². The first-order chi connectivity index (χ1) is 6.20. The molecule has 0 spiro atoms. The average molecular weight is 191 g/mol. The van der Waals surface area contributed by atoms with E-state index in [-0.39, 0.29) is 12.3 Å². The summed E-state index contributed by atoms with van der Waals surface area (Å²) >= 11 is 0. The quantitative estimate of drug-likeness (QED) is 0.531. The molecular weight excluding hydrogens is 178 g/mol. The van der Waals surface area contributed by atoms with Crippen molar-refractivity contribution in [3.63, 3.8) is 0 Å². The molecule has 1 saturated heterocycles. The van der Waals surface area contributed by atoms with Gasteiger partial charge in [-0.15, -0.1) is 0 Å². The number of oxime groups is 1. The van der Waals surface area contributed by atoms with E-state index in [0.29, 0.717) is 0 Å². The fourth-order valence-corrected chi connectivity index (χ4v) is 1.12. The van der Waals surface area contributed by atoms with Crippen molar-refractivity contribution in [3.05, 3.63) is 0 Å². The standard InChI is InChI=1S/C7H13NO5/c1-11-7-6(10)5(8-12-2)4(9)3-13-7/h4,6-7,9-10H,3H2,1-2H3/b8-5+. The van der Waals surface area contributed by atoms with Gasteiger partial charge in [-0.2, -0.15) is 0 Å². The lowest BCUT2D eigenvalue weighted by Gasteiger charge is -2.30. The van der Waals surface area contributed by atoms with Gasteiger partial charge in [0.1, 0.15) is 25.0 Å². The van der Waals surface area contributed by atoms with Gasteiger partial charge in [0.25, 0.3) is 0 Å². The van der Waals surface area contributed by atoms with Crippen LogP contribution in [0.3, 0.4) is 0 Å². The number of hydrogen-bond donors (Lipinski definition) is 2. The zero-order valence-corrected chi connectivity index (χ0v) is 7.51. The molecule has 76 valence electrons. The molecule has 0 saturated carbocycles. The summed E-state index contributed by atoms with van der Waals surface area (Å²) in [5, 5.41) is 22.3. The molecule has 1 aliphatic heterocycles. The van der Waals surface area contributed by atoms with E-state index in [0.717, 1.165) is 0 Å². The van der Waals surface area contributed by atoms with Crippen LogP contribution in [0.2, 0.25) is 0 Å². The lowest BCUT2D eigenvalue weighted by Crippen LogP contribution is -2.50. The number of rotatable bonds is 2. The third-order valence-corrected chi connectivity index (χ3v) is 1.75. The molecule has 0 radical (unpaired) electrons. The summed E-state index contributed by atoms with van der Waals surface area (Å²) in [5.41, 5.74) is 0.126. The van der Waals surface area contributed by atoms with Gasteiger partial charge in [-0.25, -0.2) is 0 Å². The number of aliphatic hydroxyl groups excluding tert-OH is 2. The van der Waals surface area contributed by atoms with Gasteiger partial charge in [-0.3, -0.25) is 0 Å².